The van der Waals surface area contributed by atoms with Gasteiger partial charge in [-0.25, -0.2) is 0 Å². The Bertz CT molecular complexity index is 156. The van der Waals surface area contributed by atoms with Gasteiger partial charge in [0, 0.05) is 19.1 Å². The topological polar surface area (TPSA) is 12.5 Å². The van der Waals surface area contributed by atoms with Crippen LogP contribution in [0.4, 0.5) is 0 Å². The minimum Gasteiger partial charge on any atom is -0.376 e. The minimum absolute atomic E-state index is 0.379. The van der Waals surface area contributed by atoms with Crippen LogP contribution in [0.1, 0.15) is 20.8 Å². The summed E-state index contributed by atoms with van der Waals surface area (Å²) in [6.45, 7) is 9.44. The van der Waals surface area contributed by atoms with Gasteiger partial charge in [0.25, 0.3) is 0 Å². The SMILES string of the molecule is C/C=C/CN1CCOC(C)C1C. The lowest BCUT2D eigenvalue weighted by Crippen LogP contribution is -2.48. The maximum absolute atomic E-state index is 5.53. The lowest BCUT2D eigenvalue weighted by molar-refractivity contribution is -0.0507. The van der Waals surface area contributed by atoms with Crippen LogP contribution in [0.3, 0.4) is 0 Å². The molecule has 0 aromatic rings. The van der Waals surface area contributed by atoms with Crippen LogP contribution in [0.5, 0.6) is 0 Å². The first-order chi connectivity index (χ1) is 5.75. The van der Waals surface area contributed by atoms with E-state index in [1.165, 1.54) is 0 Å². The van der Waals surface area contributed by atoms with Crippen LogP contribution in [0, 0.1) is 0 Å². The molecule has 0 bridgehead atoms. The van der Waals surface area contributed by atoms with Crippen molar-refractivity contribution in [3.8, 4) is 0 Å². The Labute approximate surface area is 75.2 Å². The highest BCUT2D eigenvalue weighted by Gasteiger charge is 2.23. The molecule has 0 N–H and O–H groups in total. The molecule has 1 rings (SSSR count). The molecule has 0 amide bonds. The molecule has 1 aliphatic heterocycles. The molecule has 0 saturated carbocycles. The number of nitrogens with zero attached hydrogens (tertiary/aromatic N) is 1. The molecular formula is C10H19NO. The quantitative estimate of drug-likeness (QED) is 0.583. The van der Waals surface area contributed by atoms with Gasteiger partial charge >= 0.3 is 0 Å². The molecule has 2 heteroatoms. The summed E-state index contributed by atoms with van der Waals surface area (Å²) in [6.07, 6.45) is 4.69. The summed E-state index contributed by atoms with van der Waals surface area (Å²) in [4.78, 5) is 2.45. The van der Waals surface area contributed by atoms with Gasteiger partial charge < -0.3 is 4.74 Å². The third-order valence-electron chi connectivity index (χ3n) is 2.59. The van der Waals surface area contributed by atoms with Gasteiger partial charge in [-0.05, 0) is 20.8 Å². The molecule has 12 heavy (non-hydrogen) atoms. The molecule has 0 spiro atoms. The molecule has 1 saturated heterocycles. The van der Waals surface area contributed by atoms with Crippen LogP contribution < -0.4 is 0 Å². The fourth-order valence-corrected chi connectivity index (χ4v) is 1.49. The predicted octanol–water partition coefficient (Wildman–Crippen LogP) is 1.67. The summed E-state index contributed by atoms with van der Waals surface area (Å²) in [7, 11) is 0. The maximum atomic E-state index is 5.53. The monoisotopic (exact) mass is 169 g/mol. The minimum atomic E-state index is 0.379. The number of hydrogen-bond acceptors (Lipinski definition) is 2. The average molecular weight is 169 g/mol. The first kappa shape index (κ1) is 9.75. The molecule has 0 aromatic carbocycles. The molecule has 2 unspecified atom stereocenters. The van der Waals surface area contributed by atoms with E-state index in [9.17, 15) is 0 Å². The van der Waals surface area contributed by atoms with E-state index < -0.39 is 0 Å². The summed E-state index contributed by atoms with van der Waals surface area (Å²) in [5.74, 6) is 0. The number of allylic oxidation sites excluding steroid dienone is 1. The number of morpholine rings is 1. The zero-order valence-corrected chi connectivity index (χ0v) is 8.29. The van der Waals surface area contributed by atoms with Crippen molar-refractivity contribution in [1.82, 2.24) is 4.90 Å². The number of ether oxygens (including phenoxy) is 1. The second kappa shape index (κ2) is 4.63. The highest BCUT2D eigenvalue weighted by molar-refractivity contribution is 4.86. The highest BCUT2D eigenvalue weighted by atomic mass is 16.5. The molecule has 2 nitrogen and oxygen atoms in total. The van der Waals surface area contributed by atoms with Crippen molar-refractivity contribution in [2.45, 2.75) is 32.9 Å². The van der Waals surface area contributed by atoms with E-state index >= 15 is 0 Å². The Hall–Kier alpha value is -0.340. The van der Waals surface area contributed by atoms with Gasteiger partial charge in [-0.1, -0.05) is 12.2 Å². The summed E-state index contributed by atoms with van der Waals surface area (Å²) >= 11 is 0. The van der Waals surface area contributed by atoms with E-state index in [0.29, 0.717) is 12.1 Å². The second-order valence-electron chi connectivity index (χ2n) is 3.38. The molecule has 0 radical (unpaired) electrons. The standard InChI is InChI=1S/C10H19NO/c1-4-5-6-11-7-8-12-10(3)9(11)2/h4-5,9-10H,6-8H2,1-3H3/b5-4+. The van der Waals surface area contributed by atoms with E-state index in [1.54, 1.807) is 0 Å². The zero-order chi connectivity index (χ0) is 8.97. The first-order valence-corrected chi connectivity index (χ1v) is 4.72. The van der Waals surface area contributed by atoms with Crippen molar-refractivity contribution >= 4 is 0 Å². The van der Waals surface area contributed by atoms with E-state index in [-0.39, 0.29) is 0 Å². The molecular weight excluding hydrogens is 150 g/mol. The largest absolute Gasteiger partial charge is 0.376 e. The fraction of sp³-hybridized carbons (Fsp3) is 0.800. The molecule has 70 valence electrons. The summed E-state index contributed by atoms with van der Waals surface area (Å²) < 4.78 is 5.53. The van der Waals surface area contributed by atoms with Gasteiger partial charge in [0.05, 0.1) is 12.7 Å². The predicted molar refractivity (Wildman–Crippen MR) is 51.3 cm³/mol. The summed E-state index contributed by atoms with van der Waals surface area (Å²) in [6, 6.07) is 0.551. The van der Waals surface area contributed by atoms with Crippen LogP contribution in [0.2, 0.25) is 0 Å². The van der Waals surface area contributed by atoms with Gasteiger partial charge in [0.15, 0.2) is 0 Å². The Kier molecular flexibility index (Phi) is 3.76. The number of hydrogen-bond donors (Lipinski definition) is 0. The first-order valence-electron chi connectivity index (χ1n) is 4.72. The zero-order valence-electron chi connectivity index (χ0n) is 8.29. The van der Waals surface area contributed by atoms with Crippen LogP contribution in [0.25, 0.3) is 0 Å². The average Bonchev–Trinajstić information content (AvgIpc) is 2.08. The van der Waals surface area contributed by atoms with Gasteiger partial charge in [-0.15, -0.1) is 0 Å². The van der Waals surface area contributed by atoms with Crippen molar-refractivity contribution in [2.24, 2.45) is 0 Å². The molecule has 1 fully saturated rings. The summed E-state index contributed by atoms with van der Waals surface area (Å²) in [5, 5.41) is 0. The smallest absolute Gasteiger partial charge is 0.0700 e. The summed E-state index contributed by atoms with van der Waals surface area (Å²) in [5.41, 5.74) is 0. The van der Waals surface area contributed by atoms with E-state index in [1.807, 2.05) is 0 Å². The van der Waals surface area contributed by atoms with E-state index in [4.69, 9.17) is 4.74 Å². The maximum Gasteiger partial charge on any atom is 0.0700 e. The van der Waals surface area contributed by atoms with Gasteiger partial charge in [0.2, 0.25) is 0 Å². The number of rotatable bonds is 2. The van der Waals surface area contributed by atoms with E-state index in [0.717, 1.165) is 19.7 Å². The van der Waals surface area contributed by atoms with E-state index in [2.05, 4.69) is 37.8 Å². The third kappa shape index (κ3) is 2.32. The van der Waals surface area contributed by atoms with Crippen molar-refractivity contribution < 1.29 is 4.74 Å². The second-order valence-corrected chi connectivity index (χ2v) is 3.38. The lowest BCUT2D eigenvalue weighted by Gasteiger charge is -2.37. The van der Waals surface area contributed by atoms with Crippen LogP contribution in [-0.4, -0.2) is 36.7 Å². The lowest BCUT2D eigenvalue weighted by atomic mass is 10.1. The molecule has 1 heterocycles. The van der Waals surface area contributed by atoms with Crippen molar-refractivity contribution in [3.63, 3.8) is 0 Å². The Balaban J connectivity index is 2.40. The molecule has 1 aliphatic rings. The van der Waals surface area contributed by atoms with Crippen LogP contribution in [0.15, 0.2) is 12.2 Å². The molecule has 0 aromatic heterocycles. The third-order valence-corrected chi connectivity index (χ3v) is 2.59. The normalized spacial score (nSPS) is 32.9. The fourth-order valence-electron chi connectivity index (χ4n) is 1.49. The highest BCUT2D eigenvalue weighted by Crippen LogP contribution is 2.12. The van der Waals surface area contributed by atoms with Gasteiger partial charge in [-0.2, -0.15) is 0 Å². The Morgan fingerprint density at radius 2 is 2.25 bits per heavy atom. The Morgan fingerprint density at radius 1 is 1.50 bits per heavy atom. The van der Waals surface area contributed by atoms with Gasteiger partial charge in [0.1, 0.15) is 0 Å². The van der Waals surface area contributed by atoms with Crippen LogP contribution >= 0.6 is 0 Å². The molecule has 0 aliphatic carbocycles. The van der Waals surface area contributed by atoms with Crippen molar-refractivity contribution in [1.29, 1.82) is 0 Å². The van der Waals surface area contributed by atoms with Gasteiger partial charge in [-0.3, -0.25) is 4.90 Å². The van der Waals surface area contributed by atoms with Crippen molar-refractivity contribution in [2.75, 3.05) is 19.7 Å². The molecule has 2 atom stereocenters. The Morgan fingerprint density at radius 3 is 2.92 bits per heavy atom. The van der Waals surface area contributed by atoms with Crippen LogP contribution in [-0.2, 0) is 4.74 Å². The van der Waals surface area contributed by atoms with Crippen molar-refractivity contribution in [3.05, 3.63) is 12.2 Å².